The van der Waals surface area contributed by atoms with Crippen LogP contribution in [0.4, 0.5) is 10.2 Å². The third-order valence-corrected chi connectivity index (χ3v) is 2.03. The van der Waals surface area contributed by atoms with E-state index in [4.69, 9.17) is 0 Å². The van der Waals surface area contributed by atoms with Gasteiger partial charge in [-0.25, -0.2) is 9.37 Å². The summed E-state index contributed by atoms with van der Waals surface area (Å²) in [6, 6.07) is 1.28. The van der Waals surface area contributed by atoms with E-state index in [1.54, 1.807) is 0 Å². The van der Waals surface area contributed by atoms with Crippen LogP contribution in [0.5, 0.6) is 0 Å². The molecule has 1 aromatic heterocycles. The molecule has 0 saturated heterocycles. The van der Waals surface area contributed by atoms with Crippen LogP contribution < -0.4 is 10.6 Å². The van der Waals surface area contributed by atoms with Crippen molar-refractivity contribution in [2.24, 2.45) is 0 Å². The lowest BCUT2D eigenvalue weighted by atomic mass is 10.4. The zero-order valence-corrected chi connectivity index (χ0v) is 9.77. The molecule has 1 rings (SSSR count). The first-order chi connectivity index (χ1) is 7.13. The van der Waals surface area contributed by atoms with Crippen LogP contribution in [0.25, 0.3) is 0 Å². The molecule has 6 heteroatoms. The number of carbonyl (C=O) groups excluding carboxylic acids is 1. The summed E-state index contributed by atoms with van der Waals surface area (Å²) in [6.45, 7) is 2.38. The van der Waals surface area contributed by atoms with Crippen LogP contribution in [0.15, 0.2) is 16.7 Å². The fraction of sp³-hybridized carbons (Fsp3) is 0.333. The lowest BCUT2D eigenvalue weighted by Gasteiger charge is -2.06. The van der Waals surface area contributed by atoms with Gasteiger partial charge in [-0.05, 0) is 28.9 Å². The van der Waals surface area contributed by atoms with E-state index in [2.05, 4.69) is 31.5 Å². The molecule has 1 aromatic rings. The van der Waals surface area contributed by atoms with Crippen LogP contribution in [-0.2, 0) is 4.79 Å². The molecule has 1 heterocycles. The monoisotopic (exact) mass is 275 g/mol. The number of pyridine rings is 1. The molecule has 0 aliphatic rings. The summed E-state index contributed by atoms with van der Waals surface area (Å²) >= 11 is 3.09. The molecule has 82 valence electrons. The third-order valence-electron chi connectivity index (χ3n) is 1.60. The number of carbonyl (C=O) groups is 1. The third kappa shape index (κ3) is 3.83. The molecule has 0 aliphatic carbocycles. The molecular weight excluding hydrogens is 265 g/mol. The van der Waals surface area contributed by atoms with Crippen LogP contribution in [0.2, 0.25) is 0 Å². The van der Waals surface area contributed by atoms with Crippen molar-refractivity contribution in [3.63, 3.8) is 0 Å². The van der Waals surface area contributed by atoms with Gasteiger partial charge in [-0.3, -0.25) is 4.79 Å². The summed E-state index contributed by atoms with van der Waals surface area (Å²) in [5, 5.41) is 5.19. The van der Waals surface area contributed by atoms with Gasteiger partial charge in [0, 0.05) is 17.2 Å². The number of halogens is 2. The maximum atomic E-state index is 13.2. The Labute approximate surface area is 95.4 Å². The number of likely N-dealkylation sites (N-methyl/N-ethyl adjacent to an activating group) is 1. The first-order valence-electron chi connectivity index (χ1n) is 4.45. The summed E-state index contributed by atoms with van der Waals surface area (Å²) in [4.78, 5) is 14.9. The van der Waals surface area contributed by atoms with Gasteiger partial charge in [0.1, 0.15) is 0 Å². The number of aromatic nitrogens is 1. The number of nitrogens with zero attached hydrogens (tertiary/aromatic N) is 1. The van der Waals surface area contributed by atoms with Gasteiger partial charge in [-0.2, -0.15) is 0 Å². The Morgan fingerprint density at radius 2 is 2.40 bits per heavy atom. The van der Waals surface area contributed by atoms with Crippen molar-refractivity contribution < 1.29 is 9.18 Å². The highest BCUT2D eigenvalue weighted by Gasteiger charge is 2.05. The zero-order chi connectivity index (χ0) is 11.3. The number of hydrogen-bond donors (Lipinski definition) is 2. The van der Waals surface area contributed by atoms with Crippen molar-refractivity contribution in [3.05, 3.63) is 22.6 Å². The Hall–Kier alpha value is -1.17. The minimum atomic E-state index is -0.492. The molecule has 0 aliphatic heterocycles. The smallest absolute Gasteiger partial charge is 0.239 e. The van der Waals surface area contributed by atoms with E-state index in [0.29, 0.717) is 11.0 Å². The van der Waals surface area contributed by atoms with Crippen molar-refractivity contribution in [2.75, 3.05) is 18.4 Å². The number of hydrogen-bond acceptors (Lipinski definition) is 3. The highest BCUT2D eigenvalue weighted by Crippen LogP contribution is 2.15. The van der Waals surface area contributed by atoms with Gasteiger partial charge >= 0.3 is 0 Å². The second-order valence-electron chi connectivity index (χ2n) is 2.79. The van der Waals surface area contributed by atoms with Crippen molar-refractivity contribution in [2.45, 2.75) is 6.92 Å². The summed E-state index contributed by atoms with van der Waals surface area (Å²) in [7, 11) is 0. The van der Waals surface area contributed by atoms with Gasteiger partial charge in [-0.1, -0.05) is 0 Å². The molecule has 1 amide bonds. The van der Waals surface area contributed by atoms with Gasteiger partial charge in [0.2, 0.25) is 5.91 Å². The van der Waals surface area contributed by atoms with E-state index in [0.717, 1.165) is 0 Å². The molecule has 0 aromatic carbocycles. The van der Waals surface area contributed by atoms with E-state index in [-0.39, 0.29) is 18.3 Å². The van der Waals surface area contributed by atoms with E-state index in [1.807, 2.05) is 6.92 Å². The normalized spacial score (nSPS) is 9.80. The van der Waals surface area contributed by atoms with E-state index < -0.39 is 5.82 Å². The summed E-state index contributed by atoms with van der Waals surface area (Å²) in [6.07, 6.45) is 1.46. The molecule has 0 atom stereocenters. The van der Waals surface area contributed by atoms with Gasteiger partial charge in [0.15, 0.2) is 11.6 Å². The fourth-order valence-corrected chi connectivity index (χ4v) is 1.27. The predicted molar refractivity (Wildman–Crippen MR) is 59.1 cm³/mol. The van der Waals surface area contributed by atoms with Crippen LogP contribution in [-0.4, -0.2) is 24.0 Å². The minimum Gasteiger partial charge on any atom is -0.359 e. The second-order valence-corrected chi connectivity index (χ2v) is 3.71. The second kappa shape index (κ2) is 5.65. The van der Waals surface area contributed by atoms with Crippen molar-refractivity contribution in [1.82, 2.24) is 10.3 Å². The predicted octanol–water partition coefficient (Wildman–Crippen LogP) is 1.53. The van der Waals surface area contributed by atoms with E-state index >= 15 is 0 Å². The average Bonchev–Trinajstić information content (AvgIpc) is 2.17. The number of amides is 1. The molecule has 0 spiro atoms. The molecule has 0 unspecified atom stereocenters. The SMILES string of the molecule is CCNC(=O)CNc1ncc(Br)cc1F. The Morgan fingerprint density at radius 1 is 1.67 bits per heavy atom. The fourth-order valence-electron chi connectivity index (χ4n) is 0.968. The van der Waals surface area contributed by atoms with E-state index in [1.165, 1.54) is 12.3 Å². The lowest BCUT2D eigenvalue weighted by Crippen LogP contribution is -2.29. The molecule has 15 heavy (non-hydrogen) atoms. The van der Waals surface area contributed by atoms with E-state index in [9.17, 15) is 9.18 Å². The molecule has 0 radical (unpaired) electrons. The minimum absolute atomic E-state index is 0.0133. The highest BCUT2D eigenvalue weighted by atomic mass is 79.9. The van der Waals surface area contributed by atoms with Crippen LogP contribution in [0.3, 0.4) is 0 Å². The summed E-state index contributed by atoms with van der Waals surface area (Å²) in [5.41, 5.74) is 0. The molecule has 0 bridgehead atoms. The topological polar surface area (TPSA) is 54.0 Å². The van der Waals surface area contributed by atoms with Crippen LogP contribution in [0, 0.1) is 5.82 Å². The molecule has 0 fully saturated rings. The highest BCUT2D eigenvalue weighted by molar-refractivity contribution is 9.10. The van der Waals surface area contributed by atoms with Crippen molar-refractivity contribution in [1.29, 1.82) is 0 Å². The maximum Gasteiger partial charge on any atom is 0.239 e. The largest absolute Gasteiger partial charge is 0.359 e. The first-order valence-corrected chi connectivity index (χ1v) is 5.24. The van der Waals surface area contributed by atoms with Gasteiger partial charge in [0.25, 0.3) is 0 Å². The first kappa shape index (κ1) is 11.9. The number of rotatable bonds is 4. The number of nitrogens with one attached hydrogen (secondary N) is 2. The zero-order valence-electron chi connectivity index (χ0n) is 8.18. The summed E-state index contributed by atoms with van der Waals surface area (Å²) in [5.74, 6) is -0.611. The Balaban J connectivity index is 2.54. The molecule has 4 nitrogen and oxygen atoms in total. The Bertz CT molecular complexity index is 359. The van der Waals surface area contributed by atoms with Gasteiger partial charge < -0.3 is 10.6 Å². The maximum absolute atomic E-state index is 13.2. The molecule has 0 saturated carbocycles. The van der Waals surface area contributed by atoms with Crippen molar-refractivity contribution in [3.8, 4) is 0 Å². The average molecular weight is 276 g/mol. The van der Waals surface area contributed by atoms with Crippen molar-refractivity contribution >= 4 is 27.7 Å². The van der Waals surface area contributed by atoms with Crippen LogP contribution in [0.1, 0.15) is 6.92 Å². The van der Waals surface area contributed by atoms with Crippen LogP contribution >= 0.6 is 15.9 Å². The Morgan fingerprint density at radius 3 is 3.00 bits per heavy atom. The van der Waals surface area contributed by atoms with Gasteiger partial charge in [0.05, 0.1) is 6.54 Å². The quantitative estimate of drug-likeness (QED) is 0.877. The van der Waals surface area contributed by atoms with Gasteiger partial charge in [-0.15, -0.1) is 0 Å². The number of anilines is 1. The molecular formula is C9H11BrFN3O. The standard InChI is InChI=1S/C9H11BrFN3O/c1-2-12-8(15)5-14-9-7(11)3-6(10)4-13-9/h3-4H,2,5H2,1H3,(H,12,15)(H,13,14). The lowest BCUT2D eigenvalue weighted by molar-refractivity contribution is -0.119. The Kier molecular flexibility index (Phi) is 4.48. The molecule has 2 N–H and O–H groups in total. The summed E-state index contributed by atoms with van der Waals surface area (Å²) < 4.78 is 13.8.